The van der Waals surface area contributed by atoms with Gasteiger partial charge in [-0.05, 0) is 34.6 Å². The number of thiazole rings is 1. The molecule has 0 saturated heterocycles. The van der Waals surface area contributed by atoms with Gasteiger partial charge < -0.3 is 20.5 Å². The zero-order valence-corrected chi connectivity index (χ0v) is 20.3. The van der Waals surface area contributed by atoms with E-state index in [-0.39, 0.29) is 35.8 Å². The van der Waals surface area contributed by atoms with E-state index in [1.54, 1.807) is 0 Å². The molecule has 1 aliphatic carbocycles. The molecule has 0 fully saturated rings. The number of rotatable bonds is 9. The first-order valence-corrected chi connectivity index (χ1v) is 12.2. The van der Waals surface area contributed by atoms with E-state index < -0.39 is 18.1 Å². The standard InChI is InChI=1S/C26H27N3O5S/c1-15(2)11-21(24(30)28-13-23-27-12-22(35-23)25(31)32)29-26(33)34-14-20-18-9-5-3-7-16(18)17-8-4-6-10-19(17)20/h3-10,12,15,20-21H,11,13-14H2,1-2H3,(H,28,30)(H,29,33)(H,31,32). The Morgan fingerprint density at radius 1 is 1.06 bits per heavy atom. The smallest absolute Gasteiger partial charge is 0.407 e. The highest BCUT2D eigenvalue weighted by Gasteiger charge is 2.30. The number of aromatic carboxylic acids is 1. The fraction of sp³-hybridized carbons (Fsp3) is 0.308. The molecule has 1 aliphatic rings. The molecule has 1 unspecified atom stereocenters. The van der Waals surface area contributed by atoms with Gasteiger partial charge in [-0.3, -0.25) is 4.79 Å². The third-order valence-corrected chi connectivity index (χ3v) is 6.82. The summed E-state index contributed by atoms with van der Waals surface area (Å²) in [5, 5.41) is 14.9. The molecule has 0 saturated carbocycles. The summed E-state index contributed by atoms with van der Waals surface area (Å²) < 4.78 is 5.59. The zero-order chi connectivity index (χ0) is 24.9. The second-order valence-corrected chi connectivity index (χ2v) is 9.91. The molecule has 9 heteroatoms. The third-order valence-electron chi connectivity index (χ3n) is 5.84. The number of benzene rings is 2. The average molecular weight is 494 g/mol. The van der Waals surface area contributed by atoms with Crippen molar-refractivity contribution in [1.82, 2.24) is 15.6 Å². The predicted molar refractivity (Wildman–Crippen MR) is 132 cm³/mol. The fourth-order valence-electron chi connectivity index (χ4n) is 4.26. The van der Waals surface area contributed by atoms with Gasteiger partial charge >= 0.3 is 12.1 Å². The van der Waals surface area contributed by atoms with E-state index >= 15 is 0 Å². The normalized spacial score (nSPS) is 13.1. The van der Waals surface area contributed by atoms with Crippen molar-refractivity contribution in [2.45, 2.75) is 38.8 Å². The molecule has 8 nitrogen and oxygen atoms in total. The van der Waals surface area contributed by atoms with Crippen LogP contribution in [0.4, 0.5) is 4.79 Å². The maximum atomic E-state index is 12.8. The van der Waals surface area contributed by atoms with Gasteiger partial charge in [-0.2, -0.15) is 0 Å². The number of hydrogen-bond acceptors (Lipinski definition) is 6. The highest BCUT2D eigenvalue weighted by Crippen LogP contribution is 2.44. The molecule has 1 aromatic heterocycles. The lowest BCUT2D eigenvalue weighted by Crippen LogP contribution is -2.47. The first kappa shape index (κ1) is 24.4. The summed E-state index contributed by atoms with van der Waals surface area (Å²) in [5.41, 5.74) is 4.51. The lowest BCUT2D eigenvalue weighted by atomic mass is 9.98. The van der Waals surface area contributed by atoms with Crippen molar-refractivity contribution in [1.29, 1.82) is 0 Å². The largest absolute Gasteiger partial charge is 0.477 e. The first-order valence-electron chi connectivity index (χ1n) is 11.4. The number of aromatic nitrogens is 1. The monoisotopic (exact) mass is 493 g/mol. The second kappa shape index (κ2) is 10.7. The Labute approximate surface area is 207 Å². The summed E-state index contributed by atoms with van der Waals surface area (Å²) in [6, 6.07) is 15.4. The fourth-order valence-corrected chi connectivity index (χ4v) is 4.96. The lowest BCUT2D eigenvalue weighted by Gasteiger charge is -2.21. The van der Waals surface area contributed by atoms with Crippen LogP contribution in [0.3, 0.4) is 0 Å². The van der Waals surface area contributed by atoms with Crippen LogP contribution in [0.1, 0.15) is 52.0 Å². The van der Waals surface area contributed by atoms with Gasteiger partial charge in [-0.25, -0.2) is 14.6 Å². The number of nitrogens with one attached hydrogen (secondary N) is 2. The van der Waals surface area contributed by atoms with E-state index in [4.69, 9.17) is 9.84 Å². The highest BCUT2D eigenvalue weighted by molar-refractivity contribution is 7.13. The molecule has 0 radical (unpaired) electrons. The van der Waals surface area contributed by atoms with Crippen LogP contribution < -0.4 is 10.6 Å². The molecule has 1 heterocycles. The van der Waals surface area contributed by atoms with Crippen molar-refractivity contribution in [2.75, 3.05) is 6.61 Å². The van der Waals surface area contributed by atoms with E-state index in [2.05, 4.69) is 27.8 Å². The van der Waals surface area contributed by atoms with E-state index in [9.17, 15) is 14.4 Å². The Hall–Kier alpha value is -3.72. The number of nitrogens with zero attached hydrogens (tertiary/aromatic N) is 1. The predicted octanol–water partition coefficient (Wildman–Crippen LogP) is 4.41. The Bertz CT molecular complexity index is 1190. The van der Waals surface area contributed by atoms with Crippen LogP contribution in [0.2, 0.25) is 0 Å². The Morgan fingerprint density at radius 3 is 2.26 bits per heavy atom. The summed E-state index contributed by atoms with van der Waals surface area (Å²) in [7, 11) is 0. The number of fused-ring (bicyclic) bond motifs is 3. The van der Waals surface area contributed by atoms with Crippen LogP contribution in [0.15, 0.2) is 54.7 Å². The molecule has 2 amide bonds. The Morgan fingerprint density at radius 2 is 1.69 bits per heavy atom. The van der Waals surface area contributed by atoms with Crippen molar-refractivity contribution >= 4 is 29.3 Å². The van der Waals surface area contributed by atoms with Gasteiger partial charge in [-0.15, -0.1) is 11.3 Å². The maximum absolute atomic E-state index is 12.8. The van der Waals surface area contributed by atoms with Gasteiger partial charge in [0.25, 0.3) is 0 Å². The molecule has 3 N–H and O–H groups in total. The molecule has 4 rings (SSSR count). The van der Waals surface area contributed by atoms with Crippen LogP contribution in [0.5, 0.6) is 0 Å². The third kappa shape index (κ3) is 5.68. The topological polar surface area (TPSA) is 118 Å². The molecule has 2 aromatic carbocycles. The average Bonchev–Trinajstić information content (AvgIpc) is 3.44. The number of carboxylic acids is 1. The van der Waals surface area contributed by atoms with Crippen molar-refractivity contribution < 1.29 is 24.2 Å². The first-order chi connectivity index (χ1) is 16.8. The van der Waals surface area contributed by atoms with Gasteiger partial charge in [0.2, 0.25) is 5.91 Å². The quantitative estimate of drug-likeness (QED) is 0.406. The van der Waals surface area contributed by atoms with Crippen LogP contribution in [0, 0.1) is 5.92 Å². The number of hydrogen-bond donors (Lipinski definition) is 3. The Kier molecular flexibility index (Phi) is 7.45. The molecular formula is C26H27N3O5S. The van der Waals surface area contributed by atoms with E-state index in [1.165, 1.54) is 6.20 Å². The summed E-state index contributed by atoms with van der Waals surface area (Å²) in [5.74, 6) is -1.36. The summed E-state index contributed by atoms with van der Waals surface area (Å²) in [6.45, 7) is 4.16. The van der Waals surface area contributed by atoms with Gasteiger partial charge in [0.15, 0.2) is 0 Å². The van der Waals surface area contributed by atoms with E-state index in [0.717, 1.165) is 33.6 Å². The maximum Gasteiger partial charge on any atom is 0.407 e. The SMILES string of the molecule is CC(C)CC(NC(=O)OCC1c2ccccc2-c2ccccc21)C(=O)NCc1ncc(C(=O)O)s1. The minimum Gasteiger partial charge on any atom is -0.477 e. The molecule has 0 bridgehead atoms. The molecule has 0 aliphatic heterocycles. The molecule has 1 atom stereocenters. The van der Waals surface area contributed by atoms with Crippen LogP contribution in [-0.4, -0.2) is 40.7 Å². The van der Waals surface area contributed by atoms with Crippen molar-refractivity contribution in [3.63, 3.8) is 0 Å². The number of amides is 2. The molecule has 35 heavy (non-hydrogen) atoms. The van der Waals surface area contributed by atoms with E-state index in [0.29, 0.717) is 11.4 Å². The number of carbonyl (C=O) groups is 3. The van der Waals surface area contributed by atoms with Gasteiger partial charge in [0.1, 0.15) is 22.5 Å². The molecule has 0 spiro atoms. The zero-order valence-electron chi connectivity index (χ0n) is 19.5. The number of alkyl carbamates (subject to hydrolysis) is 1. The Balaban J connectivity index is 1.37. The summed E-state index contributed by atoms with van der Waals surface area (Å²) in [6.07, 6.45) is 1.03. The van der Waals surface area contributed by atoms with E-state index in [1.807, 2.05) is 50.2 Å². The molecule has 182 valence electrons. The minimum absolute atomic E-state index is 0.0705. The highest BCUT2D eigenvalue weighted by atomic mass is 32.1. The van der Waals surface area contributed by atoms with Gasteiger partial charge in [0, 0.05) is 5.92 Å². The van der Waals surface area contributed by atoms with Gasteiger partial charge in [0.05, 0.1) is 12.7 Å². The molecule has 3 aromatic rings. The lowest BCUT2D eigenvalue weighted by molar-refractivity contribution is -0.123. The van der Waals surface area contributed by atoms with Gasteiger partial charge in [-0.1, -0.05) is 62.4 Å². The van der Waals surface area contributed by atoms with Crippen LogP contribution in [0.25, 0.3) is 11.1 Å². The number of carboxylic acid groups (broad SMARTS) is 1. The summed E-state index contributed by atoms with van der Waals surface area (Å²) in [4.78, 5) is 40.6. The molecular weight excluding hydrogens is 466 g/mol. The van der Waals surface area contributed by atoms with Crippen LogP contribution >= 0.6 is 11.3 Å². The minimum atomic E-state index is -1.06. The second-order valence-electron chi connectivity index (χ2n) is 8.79. The summed E-state index contributed by atoms with van der Waals surface area (Å²) >= 11 is 0.996. The number of carbonyl (C=O) groups excluding carboxylic acids is 2. The van der Waals surface area contributed by atoms with Crippen molar-refractivity contribution in [3.05, 3.63) is 75.7 Å². The number of ether oxygens (including phenoxy) is 1. The van der Waals surface area contributed by atoms with Crippen molar-refractivity contribution in [3.8, 4) is 11.1 Å². The van der Waals surface area contributed by atoms with Crippen LogP contribution in [-0.2, 0) is 16.1 Å². The van der Waals surface area contributed by atoms with Crippen molar-refractivity contribution in [2.24, 2.45) is 5.92 Å².